The van der Waals surface area contributed by atoms with Crippen LogP contribution in [0.4, 0.5) is 0 Å². The third-order valence-corrected chi connectivity index (χ3v) is 3.51. The minimum absolute atomic E-state index is 0.133. The molecule has 0 aliphatic heterocycles. The summed E-state index contributed by atoms with van der Waals surface area (Å²) in [5, 5.41) is 5.54. The molecule has 1 aromatic heterocycles. The largest absolute Gasteiger partial charge is 0.459 e. The fourth-order valence-corrected chi connectivity index (χ4v) is 1.60. The minimum atomic E-state index is -0.428. The zero-order chi connectivity index (χ0) is 15.2. The van der Waals surface area contributed by atoms with Gasteiger partial charge >= 0.3 is 0 Å². The van der Waals surface area contributed by atoms with Crippen molar-refractivity contribution in [3.8, 4) is 0 Å². The molecule has 0 bridgehead atoms. The van der Waals surface area contributed by atoms with Gasteiger partial charge in [0, 0.05) is 19.5 Å². The van der Waals surface area contributed by atoms with E-state index in [-0.39, 0.29) is 36.5 Å². The predicted molar refractivity (Wildman–Crippen MR) is 76.1 cm³/mol. The van der Waals surface area contributed by atoms with Crippen LogP contribution in [0.5, 0.6) is 0 Å². The fraction of sp³-hybridized carbons (Fsp3) is 0.571. The Balaban J connectivity index is 2.35. The van der Waals surface area contributed by atoms with E-state index >= 15 is 0 Å². The highest BCUT2D eigenvalue weighted by atomic mass is 16.3. The first-order valence-electron chi connectivity index (χ1n) is 6.72. The molecular formula is C14H23N3O3. The Hall–Kier alpha value is -1.82. The lowest BCUT2D eigenvalue weighted by atomic mass is 9.88. The van der Waals surface area contributed by atoms with Gasteiger partial charge in [0.15, 0.2) is 5.76 Å². The molecule has 1 heterocycles. The van der Waals surface area contributed by atoms with Crippen LogP contribution in [0.3, 0.4) is 0 Å². The van der Waals surface area contributed by atoms with Crippen LogP contribution in [0.15, 0.2) is 22.8 Å². The molecule has 1 unspecified atom stereocenters. The van der Waals surface area contributed by atoms with Gasteiger partial charge in [-0.1, -0.05) is 13.8 Å². The zero-order valence-corrected chi connectivity index (χ0v) is 12.2. The summed E-state index contributed by atoms with van der Waals surface area (Å²) in [5.74, 6) is 0.00758. The van der Waals surface area contributed by atoms with Crippen molar-refractivity contribution >= 4 is 11.8 Å². The number of hydrogen-bond donors (Lipinski definition) is 3. The molecule has 112 valence electrons. The molecule has 0 saturated heterocycles. The smallest absolute Gasteiger partial charge is 0.286 e. The fourth-order valence-electron chi connectivity index (χ4n) is 1.60. The van der Waals surface area contributed by atoms with Crippen molar-refractivity contribution in [2.24, 2.45) is 11.7 Å². The van der Waals surface area contributed by atoms with Crippen molar-refractivity contribution in [1.29, 1.82) is 0 Å². The van der Waals surface area contributed by atoms with Crippen molar-refractivity contribution in [3.05, 3.63) is 24.2 Å². The van der Waals surface area contributed by atoms with Gasteiger partial charge in [-0.3, -0.25) is 9.59 Å². The van der Waals surface area contributed by atoms with Gasteiger partial charge in [0.25, 0.3) is 5.91 Å². The third kappa shape index (κ3) is 4.38. The van der Waals surface area contributed by atoms with E-state index in [9.17, 15) is 9.59 Å². The molecule has 0 saturated carbocycles. The topological polar surface area (TPSA) is 97.4 Å². The van der Waals surface area contributed by atoms with E-state index in [0.717, 1.165) is 0 Å². The van der Waals surface area contributed by atoms with Gasteiger partial charge < -0.3 is 20.8 Å². The molecule has 1 atom stereocenters. The molecule has 20 heavy (non-hydrogen) atoms. The maximum atomic E-state index is 11.8. The Bertz CT molecular complexity index is 443. The maximum Gasteiger partial charge on any atom is 0.286 e. The van der Waals surface area contributed by atoms with Gasteiger partial charge in [0.1, 0.15) is 0 Å². The van der Waals surface area contributed by atoms with E-state index in [1.165, 1.54) is 6.26 Å². The van der Waals surface area contributed by atoms with Gasteiger partial charge in [-0.2, -0.15) is 0 Å². The summed E-state index contributed by atoms with van der Waals surface area (Å²) in [4.78, 5) is 23.4. The van der Waals surface area contributed by atoms with E-state index < -0.39 is 5.54 Å². The first-order chi connectivity index (χ1) is 9.39. The van der Waals surface area contributed by atoms with Crippen LogP contribution in [0, 0.1) is 5.92 Å². The number of nitrogens with one attached hydrogen (secondary N) is 2. The van der Waals surface area contributed by atoms with Crippen molar-refractivity contribution in [2.75, 3.05) is 13.1 Å². The van der Waals surface area contributed by atoms with E-state index in [1.54, 1.807) is 12.1 Å². The van der Waals surface area contributed by atoms with E-state index in [1.807, 2.05) is 20.8 Å². The summed E-state index contributed by atoms with van der Waals surface area (Å²) in [6.07, 6.45) is 1.63. The number of furan rings is 1. The number of hydrogen-bond acceptors (Lipinski definition) is 4. The molecule has 0 aliphatic rings. The molecule has 0 aliphatic carbocycles. The van der Waals surface area contributed by atoms with Crippen LogP contribution >= 0.6 is 0 Å². The summed E-state index contributed by atoms with van der Waals surface area (Å²) < 4.78 is 4.95. The Morgan fingerprint density at radius 1 is 1.45 bits per heavy atom. The van der Waals surface area contributed by atoms with Gasteiger partial charge in [-0.15, -0.1) is 0 Å². The predicted octanol–water partition coefficient (Wildman–Crippen LogP) is 0.889. The highest BCUT2D eigenvalue weighted by Gasteiger charge is 2.28. The lowest BCUT2D eigenvalue weighted by molar-refractivity contribution is -0.123. The van der Waals surface area contributed by atoms with Crippen LogP contribution < -0.4 is 16.4 Å². The number of rotatable bonds is 7. The van der Waals surface area contributed by atoms with Crippen LogP contribution in [0.25, 0.3) is 0 Å². The summed E-state index contributed by atoms with van der Waals surface area (Å²) in [7, 11) is 0. The van der Waals surface area contributed by atoms with Crippen molar-refractivity contribution < 1.29 is 14.0 Å². The van der Waals surface area contributed by atoms with E-state index in [4.69, 9.17) is 10.2 Å². The van der Waals surface area contributed by atoms with Crippen LogP contribution in [0.1, 0.15) is 37.7 Å². The van der Waals surface area contributed by atoms with Crippen molar-refractivity contribution in [1.82, 2.24) is 10.6 Å². The lowest BCUT2D eigenvalue weighted by Gasteiger charge is -2.33. The van der Waals surface area contributed by atoms with Crippen LogP contribution in [-0.2, 0) is 4.79 Å². The van der Waals surface area contributed by atoms with Crippen LogP contribution in [-0.4, -0.2) is 30.4 Å². The molecule has 4 N–H and O–H groups in total. The average Bonchev–Trinajstić information content (AvgIpc) is 2.92. The second kappa shape index (κ2) is 7.09. The summed E-state index contributed by atoms with van der Waals surface area (Å²) in [6, 6.07) is 3.20. The van der Waals surface area contributed by atoms with E-state index in [0.29, 0.717) is 6.54 Å². The Morgan fingerprint density at radius 2 is 2.15 bits per heavy atom. The molecule has 1 rings (SSSR count). The summed E-state index contributed by atoms with van der Waals surface area (Å²) in [5.41, 5.74) is 5.27. The third-order valence-electron chi connectivity index (χ3n) is 3.51. The van der Waals surface area contributed by atoms with E-state index in [2.05, 4.69) is 10.6 Å². The van der Waals surface area contributed by atoms with Crippen LogP contribution in [0.2, 0.25) is 0 Å². The molecule has 0 radical (unpaired) electrons. The Morgan fingerprint density at radius 3 is 2.65 bits per heavy atom. The molecule has 0 aromatic carbocycles. The zero-order valence-electron chi connectivity index (χ0n) is 12.2. The first kappa shape index (κ1) is 16.2. The number of nitrogens with two attached hydrogens (primary N) is 1. The highest BCUT2D eigenvalue weighted by Crippen LogP contribution is 2.14. The van der Waals surface area contributed by atoms with Gasteiger partial charge in [0.2, 0.25) is 5.91 Å². The quantitative estimate of drug-likeness (QED) is 0.691. The maximum absolute atomic E-state index is 11.8. The normalized spacial score (nSPS) is 13.8. The van der Waals surface area contributed by atoms with Gasteiger partial charge in [-0.25, -0.2) is 0 Å². The standard InChI is InChI=1S/C14H23N3O3/c1-10(2)14(3,9-15)17-12(18)6-7-16-13(19)11-5-4-8-20-11/h4-5,8,10H,6-7,9,15H2,1-3H3,(H,16,19)(H,17,18). The Labute approximate surface area is 119 Å². The summed E-state index contributed by atoms with van der Waals surface area (Å²) >= 11 is 0. The van der Waals surface area contributed by atoms with Crippen molar-refractivity contribution in [3.63, 3.8) is 0 Å². The minimum Gasteiger partial charge on any atom is -0.459 e. The molecule has 1 aromatic rings. The van der Waals surface area contributed by atoms with Gasteiger partial charge in [0.05, 0.1) is 11.8 Å². The second-order valence-electron chi connectivity index (χ2n) is 5.31. The molecular weight excluding hydrogens is 258 g/mol. The molecule has 0 fully saturated rings. The molecule has 6 nitrogen and oxygen atoms in total. The molecule has 6 heteroatoms. The summed E-state index contributed by atoms with van der Waals surface area (Å²) in [6.45, 7) is 6.55. The monoisotopic (exact) mass is 281 g/mol. The number of amides is 2. The highest BCUT2D eigenvalue weighted by molar-refractivity contribution is 5.91. The number of carbonyl (C=O) groups excluding carboxylic acids is 2. The first-order valence-corrected chi connectivity index (χ1v) is 6.72. The van der Waals surface area contributed by atoms with Gasteiger partial charge in [-0.05, 0) is 25.0 Å². The number of carbonyl (C=O) groups is 2. The molecule has 0 spiro atoms. The lowest BCUT2D eigenvalue weighted by Crippen LogP contribution is -2.55. The average molecular weight is 281 g/mol. The Kier molecular flexibility index (Phi) is 5.76. The SMILES string of the molecule is CC(C)C(C)(CN)NC(=O)CCNC(=O)c1ccco1. The molecule has 2 amide bonds. The second-order valence-corrected chi connectivity index (χ2v) is 5.31. The van der Waals surface area contributed by atoms with Crippen molar-refractivity contribution in [2.45, 2.75) is 32.7 Å².